The molecule has 1 aromatic carbocycles. The number of aryl methyl sites for hydroxylation is 1. The van der Waals surface area contributed by atoms with Crippen LogP contribution in [0.5, 0.6) is 0 Å². The van der Waals surface area contributed by atoms with E-state index in [-0.39, 0.29) is 17.1 Å². The number of benzene rings is 1. The van der Waals surface area contributed by atoms with E-state index >= 15 is 0 Å². The van der Waals surface area contributed by atoms with Crippen LogP contribution >= 0.6 is 0 Å². The van der Waals surface area contributed by atoms with E-state index in [1.165, 1.54) is 6.92 Å². The molecule has 18 heavy (non-hydrogen) atoms. The van der Waals surface area contributed by atoms with Gasteiger partial charge in [-0.25, -0.2) is 0 Å². The third-order valence-electron chi connectivity index (χ3n) is 2.81. The SMILES string of the molecule is C/C=C(/C(C)=O)C(=O)/C(=C\C)c1ccc(C)cc1. The number of ketones is 2. The molecule has 0 atom stereocenters. The molecule has 0 aliphatic carbocycles. The molecule has 0 aromatic heterocycles. The quantitative estimate of drug-likeness (QED) is 0.460. The van der Waals surface area contributed by atoms with E-state index in [0.29, 0.717) is 5.57 Å². The van der Waals surface area contributed by atoms with Crippen molar-refractivity contribution >= 4 is 17.1 Å². The molecule has 2 nitrogen and oxygen atoms in total. The van der Waals surface area contributed by atoms with Crippen molar-refractivity contribution in [2.45, 2.75) is 27.7 Å². The molecule has 0 spiro atoms. The minimum Gasteiger partial charge on any atom is -0.294 e. The highest BCUT2D eigenvalue weighted by molar-refractivity contribution is 6.37. The van der Waals surface area contributed by atoms with Gasteiger partial charge in [-0.15, -0.1) is 0 Å². The smallest absolute Gasteiger partial charge is 0.196 e. The van der Waals surface area contributed by atoms with Crippen molar-refractivity contribution in [3.63, 3.8) is 0 Å². The van der Waals surface area contributed by atoms with E-state index in [9.17, 15) is 9.59 Å². The standard InChI is InChI=1S/C16H18O2/c1-5-14(12(4)17)16(18)15(6-2)13-9-7-11(3)8-10-13/h5-10H,1-4H3/b14-5-,15-6-. The summed E-state index contributed by atoms with van der Waals surface area (Å²) in [5, 5.41) is 0. The topological polar surface area (TPSA) is 34.1 Å². The molecule has 0 saturated carbocycles. The van der Waals surface area contributed by atoms with Gasteiger partial charge < -0.3 is 0 Å². The lowest BCUT2D eigenvalue weighted by molar-refractivity contribution is -0.117. The summed E-state index contributed by atoms with van der Waals surface area (Å²) in [6, 6.07) is 7.70. The van der Waals surface area contributed by atoms with Crippen molar-refractivity contribution in [3.05, 3.63) is 53.1 Å². The fourth-order valence-electron chi connectivity index (χ4n) is 1.80. The Labute approximate surface area is 108 Å². The van der Waals surface area contributed by atoms with E-state index in [1.54, 1.807) is 26.0 Å². The monoisotopic (exact) mass is 242 g/mol. The molecule has 1 aromatic rings. The molecule has 0 aliphatic heterocycles. The maximum Gasteiger partial charge on any atom is 0.196 e. The van der Waals surface area contributed by atoms with Gasteiger partial charge in [0.15, 0.2) is 11.6 Å². The highest BCUT2D eigenvalue weighted by atomic mass is 16.1. The van der Waals surface area contributed by atoms with Crippen molar-refractivity contribution in [3.8, 4) is 0 Å². The number of hydrogen-bond acceptors (Lipinski definition) is 2. The average molecular weight is 242 g/mol. The van der Waals surface area contributed by atoms with Gasteiger partial charge in [-0.05, 0) is 33.3 Å². The first-order chi connectivity index (χ1) is 8.51. The van der Waals surface area contributed by atoms with Crippen molar-refractivity contribution < 1.29 is 9.59 Å². The van der Waals surface area contributed by atoms with E-state index < -0.39 is 0 Å². The number of allylic oxidation sites excluding steroid dienone is 4. The average Bonchev–Trinajstić information content (AvgIpc) is 2.33. The zero-order valence-corrected chi connectivity index (χ0v) is 11.3. The first kappa shape index (κ1) is 14.1. The third kappa shape index (κ3) is 3.04. The Balaban J connectivity index is 3.17. The summed E-state index contributed by atoms with van der Waals surface area (Å²) in [6.07, 6.45) is 3.32. The van der Waals surface area contributed by atoms with E-state index in [2.05, 4.69) is 0 Å². The zero-order chi connectivity index (χ0) is 13.7. The third-order valence-corrected chi connectivity index (χ3v) is 2.81. The fourth-order valence-corrected chi connectivity index (χ4v) is 1.80. The minimum atomic E-state index is -0.212. The van der Waals surface area contributed by atoms with Gasteiger partial charge in [-0.3, -0.25) is 9.59 Å². The summed E-state index contributed by atoms with van der Waals surface area (Å²) in [5.41, 5.74) is 2.79. The Morgan fingerprint density at radius 2 is 1.56 bits per heavy atom. The molecule has 0 fully saturated rings. The molecule has 0 bridgehead atoms. The van der Waals surface area contributed by atoms with Gasteiger partial charge in [-0.2, -0.15) is 0 Å². The summed E-state index contributed by atoms with van der Waals surface area (Å²) in [6.45, 7) is 6.92. The van der Waals surface area contributed by atoms with Crippen LogP contribution in [0.15, 0.2) is 42.0 Å². The number of carbonyl (C=O) groups is 2. The maximum absolute atomic E-state index is 12.3. The Morgan fingerprint density at radius 1 is 1.00 bits per heavy atom. The van der Waals surface area contributed by atoms with Gasteiger partial charge in [0.25, 0.3) is 0 Å². The molecule has 0 saturated heterocycles. The molecule has 0 aliphatic rings. The van der Waals surface area contributed by atoms with Gasteiger partial charge in [0.2, 0.25) is 0 Å². The van der Waals surface area contributed by atoms with Crippen LogP contribution < -0.4 is 0 Å². The summed E-state index contributed by atoms with van der Waals surface area (Å²) in [7, 11) is 0. The summed E-state index contributed by atoms with van der Waals surface area (Å²) in [4.78, 5) is 23.7. The summed E-state index contributed by atoms with van der Waals surface area (Å²) in [5.74, 6) is -0.412. The lowest BCUT2D eigenvalue weighted by Crippen LogP contribution is -2.11. The van der Waals surface area contributed by atoms with Crippen LogP contribution in [0.4, 0.5) is 0 Å². The number of rotatable bonds is 4. The van der Waals surface area contributed by atoms with Gasteiger partial charge in [-0.1, -0.05) is 42.0 Å². The van der Waals surface area contributed by atoms with Crippen LogP contribution in [0.2, 0.25) is 0 Å². The molecule has 1 rings (SSSR count). The van der Waals surface area contributed by atoms with Gasteiger partial charge >= 0.3 is 0 Å². The molecular weight excluding hydrogens is 224 g/mol. The normalized spacial score (nSPS) is 12.4. The van der Waals surface area contributed by atoms with Crippen molar-refractivity contribution in [2.24, 2.45) is 0 Å². The predicted molar refractivity (Wildman–Crippen MR) is 74.3 cm³/mol. The molecule has 0 unspecified atom stereocenters. The van der Waals surface area contributed by atoms with E-state index in [1.807, 2.05) is 31.2 Å². The Morgan fingerprint density at radius 3 is 1.94 bits per heavy atom. The van der Waals surface area contributed by atoms with Crippen molar-refractivity contribution in [1.29, 1.82) is 0 Å². The van der Waals surface area contributed by atoms with Crippen LogP contribution in [-0.2, 0) is 9.59 Å². The first-order valence-electron chi connectivity index (χ1n) is 5.96. The molecule has 0 heterocycles. The van der Waals surface area contributed by atoms with Crippen LogP contribution in [0.1, 0.15) is 31.9 Å². The van der Waals surface area contributed by atoms with Crippen LogP contribution in [0.25, 0.3) is 5.57 Å². The Kier molecular flexibility index (Phi) is 4.78. The summed E-state index contributed by atoms with van der Waals surface area (Å²) < 4.78 is 0. The number of hydrogen-bond donors (Lipinski definition) is 0. The molecule has 0 amide bonds. The largest absolute Gasteiger partial charge is 0.294 e. The van der Waals surface area contributed by atoms with Crippen LogP contribution in [-0.4, -0.2) is 11.6 Å². The summed E-state index contributed by atoms with van der Waals surface area (Å²) >= 11 is 0. The lowest BCUT2D eigenvalue weighted by atomic mass is 9.94. The maximum atomic E-state index is 12.3. The highest BCUT2D eigenvalue weighted by Gasteiger charge is 2.18. The number of carbonyl (C=O) groups excluding carboxylic acids is 2. The van der Waals surface area contributed by atoms with Gasteiger partial charge in [0, 0.05) is 5.57 Å². The molecule has 0 N–H and O–H groups in total. The Bertz CT molecular complexity index is 517. The molecule has 94 valence electrons. The second kappa shape index (κ2) is 6.10. The van der Waals surface area contributed by atoms with E-state index in [4.69, 9.17) is 0 Å². The van der Waals surface area contributed by atoms with Crippen molar-refractivity contribution in [2.75, 3.05) is 0 Å². The Hall–Kier alpha value is -1.96. The van der Waals surface area contributed by atoms with Crippen molar-refractivity contribution in [1.82, 2.24) is 0 Å². The number of Topliss-reactive ketones (excluding diaryl/α,β-unsaturated/α-hetero) is 2. The van der Waals surface area contributed by atoms with Crippen LogP contribution in [0.3, 0.4) is 0 Å². The first-order valence-corrected chi connectivity index (χ1v) is 5.96. The highest BCUT2D eigenvalue weighted by Crippen LogP contribution is 2.20. The van der Waals surface area contributed by atoms with Crippen LogP contribution in [0, 0.1) is 6.92 Å². The fraction of sp³-hybridized carbons (Fsp3) is 0.250. The molecule has 0 radical (unpaired) electrons. The second-order valence-corrected chi connectivity index (χ2v) is 4.16. The lowest BCUT2D eigenvalue weighted by Gasteiger charge is -2.08. The van der Waals surface area contributed by atoms with E-state index in [0.717, 1.165) is 11.1 Å². The molecule has 2 heteroatoms. The minimum absolute atomic E-state index is 0.200. The zero-order valence-electron chi connectivity index (χ0n) is 11.3. The van der Waals surface area contributed by atoms with Gasteiger partial charge in [0.1, 0.15) is 0 Å². The molecular formula is C16H18O2. The van der Waals surface area contributed by atoms with Gasteiger partial charge in [0.05, 0.1) is 5.57 Å². The predicted octanol–water partition coefficient (Wildman–Crippen LogP) is 3.50. The second-order valence-electron chi connectivity index (χ2n) is 4.16.